The molecule has 0 aliphatic rings. The first kappa shape index (κ1) is 25.9. The largest absolute Gasteiger partial charge is 0.494 e. The second-order valence-corrected chi connectivity index (χ2v) is 7.16. The Kier molecular flexibility index (Phi) is 12.8. The fraction of sp³-hybridized carbons (Fsp3) is 0.636. The van der Waals surface area contributed by atoms with Crippen molar-refractivity contribution in [1.29, 1.82) is 0 Å². The van der Waals surface area contributed by atoms with E-state index in [0.29, 0.717) is 13.2 Å². The SMILES string of the molecule is CCCCCCCCCCOc1cccc(CNCCC(=O)OC(=O)C(F)(F)F)c1. The van der Waals surface area contributed by atoms with E-state index in [1.807, 2.05) is 24.3 Å². The van der Waals surface area contributed by atoms with Crippen molar-refractivity contribution in [2.45, 2.75) is 77.4 Å². The van der Waals surface area contributed by atoms with Gasteiger partial charge in [0.05, 0.1) is 13.0 Å². The summed E-state index contributed by atoms with van der Waals surface area (Å²) < 4.78 is 45.5. The van der Waals surface area contributed by atoms with Crippen LogP contribution in [0.3, 0.4) is 0 Å². The first-order valence-electron chi connectivity index (χ1n) is 10.6. The molecule has 0 atom stereocenters. The molecule has 0 aliphatic heterocycles. The highest BCUT2D eigenvalue weighted by Gasteiger charge is 2.42. The molecule has 1 aromatic rings. The zero-order chi connectivity index (χ0) is 22.2. The highest BCUT2D eigenvalue weighted by atomic mass is 19.4. The summed E-state index contributed by atoms with van der Waals surface area (Å²) >= 11 is 0. The normalized spacial score (nSPS) is 11.3. The van der Waals surface area contributed by atoms with Crippen LogP contribution in [0.4, 0.5) is 13.2 Å². The van der Waals surface area contributed by atoms with Crippen LogP contribution in [0.2, 0.25) is 0 Å². The van der Waals surface area contributed by atoms with Gasteiger partial charge >= 0.3 is 18.1 Å². The molecular formula is C22H32F3NO4. The maximum absolute atomic E-state index is 12.0. The number of ether oxygens (including phenoxy) is 2. The van der Waals surface area contributed by atoms with Gasteiger partial charge < -0.3 is 14.8 Å². The molecule has 0 heterocycles. The van der Waals surface area contributed by atoms with E-state index < -0.39 is 18.1 Å². The molecule has 0 aliphatic carbocycles. The van der Waals surface area contributed by atoms with Crippen LogP contribution in [-0.2, 0) is 20.9 Å². The van der Waals surface area contributed by atoms with Gasteiger partial charge in [-0.3, -0.25) is 4.79 Å². The van der Waals surface area contributed by atoms with Gasteiger partial charge in [0.1, 0.15) is 5.75 Å². The third-order valence-electron chi connectivity index (χ3n) is 4.44. The number of halogens is 3. The van der Waals surface area contributed by atoms with Crippen LogP contribution in [0.25, 0.3) is 0 Å². The Morgan fingerprint density at radius 3 is 2.33 bits per heavy atom. The van der Waals surface area contributed by atoms with Gasteiger partial charge in [-0.1, -0.05) is 64.0 Å². The third-order valence-corrected chi connectivity index (χ3v) is 4.44. The third kappa shape index (κ3) is 12.5. The molecule has 0 bridgehead atoms. The average molecular weight is 431 g/mol. The minimum atomic E-state index is -5.17. The Labute approximate surface area is 176 Å². The number of nitrogens with one attached hydrogen (secondary N) is 1. The zero-order valence-corrected chi connectivity index (χ0v) is 17.6. The minimum absolute atomic E-state index is 0.0906. The number of benzene rings is 1. The van der Waals surface area contributed by atoms with Crippen molar-refractivity contribution < 1.29 is 32.2 Å². The molecule has 0 radical (unpaired) electrons. The lowest BCUT2D eigenvalue weighted by Gasteiger charge is -2.09. The van der Waals surface area contributed by atoms with Crippen LogP contribution in [0.1, 0.15) is 70.3 Å². The Hall–Kier alpha value is -2.09. The fourth-order valence-corrected chi connectivity index (χ4v) is 2.81. The second-order valence-electron chi connectivity index (χ2n) is 7.16. The van der Waals surface area contributed by atoms with Gasteiger partial charge in [0.25, 0.3) is 0 Å². The van der Waals surface area contributed by atoms with Crippen LogP contribution < -0.4 is 10.1 Å². The van der Waals surface area contributed by atoms with Crippen molar-refractivity contribution in [3.63, 3.8) is 0 Å². The van der Waals surface area contributed by atoms with Crippen molar-refractivity contribution >= 4 is 11.9 Å². The molecule has 1 aromatic carbocycles. The predicted octanol–water partition coefficient (Wildman–Crippen LogP) is 5.32. The van der Waals surface area contributed by atoms with E-state index in [1.54, 1.807) is 0 Å². The topological polar surface area (TPSA) is 64.6 Å². The molecule has 0 aromatic heterocycles. The Morgan fingerprint density at radius 1 is 1.00 bits per heavy atom. The number of rotatable bonds is 15. The summed E-state index contributed by atoms with van der Waals surface area (Å²) in [7, 11) is 0. The number of carbonyl (C=O) groups excluding carboxylic acids is 2. The first-order chi connectivity index (χ1) is 14.3. The average Bonchev–Trinajstić information content (AvgIpc) is 2.69. The van der Waals surface area contributed by atoms with Crippen LogP contribution in [-0.4, -0.2) is 31.3 Å². The molecule has 0 unspecified atom stereocenters. The van der Waals surface area contributed by atoms with Crippen molar-refractivity contribution in [2.75, 3.05) is 13.2 Å². The quantitative estimate of drug-likeness (QED) is 0.231. The van der Waals surface area contributed by atoms with E-state index in [2.05, 4.69) is 17.0 Å². The van der Waals surface area contributed by atoms with E-state index in [1.165, 1.54) is 38.5 Å². The van der Waals surface area contributed by atoms with Gasteiger partial charge in [-0.25, -0.2) is 4.79 Å². The number of hydrogen-bond donors (Lipinski definition) is 1. The van der Waals surface area contributed by atoms with Crippen molar-refractivity contribution in [1.82, 2.24) is 5.32 Å². The smallest absolute Gasteiger partial charge is 0.491 e. The molecular weight excluding hydrogens is 399 g/mol. The number of alkyl halides is 3. The summed E-state index contributed by atoms with van der Waals surface area (Å²) in [6.45, 7) is 3.37. The summed E-state index contributed by atoms with van der Waals surface area (Å²) in [4.78, 5) is 21.8. The van der Waals surface area contributed by atoms with Gasteiger partial charge in [-0.05, 0) is 24.1 Å². The lowest BCUT2D eigenvalue weighted by molar-refractivity contribution is -0.201. The first-order valence-corrected chi connectivity index (χ1v) is 10.6. The molecule has 0 amide bonds. The molecule has 0 saturated carbocycles. The lowest BCUT2D eigenvalue weighted by atomic mass is 10.1. The molecule has 170 valence electrons. The number of unbranched alkanes of at least 4 members (excludes halogenated alkanes) is 7. The maximum Gasteiger partial charge on any atom is 0.491 e. The van der Waals surface area contributed by atoms with E-state index in [4.69, 9.17) is 4.74 Å². The fourth-order valence-electron chi connectivity index (χ4n) is 2.81. The molecule has 8 heteroatoms. The van der Waals surface area contributed by atoms with Crippen LogP contribution in [0, 0.1) is 0 Å². The summed E-state index contributed by atoms with van der Waals surface area (Å²) in [6, 6.07) is 7.48. The predicted molar refractivity (Wildman–Crippen MR) is 108 cm³/mol. The standard InChI is InChI=1S/C22H32F3NO4/c1-2-3-4-5-6-7-8-9-15-29-19-12-10-11-18(16-19)17-26-14-13-20(27)30-21(28)22(23,24)25/h10-12,16,26H,2-9,13-15,17H2,1H3. The zero-order valence-electron chi connectivity index (χ0n) is 17.6. The second kappa shape index (κ2) is 14.8. The Morgan fingerprint density at radius 2 is 1.67 bits per heavy atom. The van der Waals surface area contributed by atoms with E-state index >= 15 is 0 Å². The van der Waals surface area contributed by atoms with Gasteiger partial charge in [0, 0.05) is 13.1 Å². The molecule has 1 rings (SSSR count). The summed E-state index contributed by atoms with van der Waals surface area (Å²) in [5.41, 5.74) is 0.920. The summed E-state index contributed by atoms with van der Waals surface area (Å²) in [5.74, 6) is -2.95. The van der Waals surface area contributed by atoms with Crippen LogP contribution >= 0.6 is 0 Å². The Balaban J connectivity index is 2.16. The van der Waals surface area contributed by atoms with E-state index in [9.17, 15) is 22.8 Å². The molecule has 30 heavy (non-hydrogen) atoms. The summed E-state index contributed by atoms with van der Waals surface area (Å²) in [6.07, 6.45) is 4.37. The van der Waals surface area contributed by atoms with Gasteiger partial charge in [0.15, 0.2) is 0 Å². The van der Waals surface area contributed by atoms with E-state index in [0.717, 1.165) is 24.2 Å². The van der Waals surface area contributed by atoms with Crippen molar-refractivity contribution in [3.8, 4) is 5.75 Å². The Bertz CT molecular complexity index is 635. The number of hydrogen-bond acceptors (Lipinski definition) is 5. The number of esters is 2. The lowest BCUT2D eigenvalue weighted by Crippen LogP contribution is -2.29. The van der Waals surface area contributed by atoms with Crippen LogP contribution in [0.5, 0.6) is 5.75 Å². The molecule has 0 fully saturated rings. The van der Waals surface area contributed by atoms with Crippen LogP contribution in [0.15, 0.2) is 24.3 Å². The monoisotopic (exact) mass is 431 g/mol. The van der Waals surface area contributed by atoms with Gasteiger partial charge in [-0.15, -0.1) is 0 Å². The molecule has 0 saturated heterocycles. The highest BCUT2D eigenvalue weighted by Crippen LogP contribution is 2.17. The van der Waals surface area contributed by atoms with Crippen molar-refractivity contribution in [3.05, 3.63) is 29.8 Å². The van der Waals surface area contributed by atoms with Crippen molar-refractivity contribution in [2.24, 2.45) is 0 Å². The number of carbonyl (C=O) groups is 2. The maximum atomic E-state index is 12.0. The molecule has 1 N–H and O–H groups in total. The van der Waals surface area contributed by atoms with Gasteiger partial charge in [0.2, 0.25) is 0 Å². The van der Waals surface area contributed by atoms with Gasteiger partial charge in [-0.2, -0.15) is 13.2 Å². The molecule has 5 nitrogen and oxygen atoms in total. The summed E-state index contributed by atoms with van der Waals surface area (Å²) in [5, 5.41) is 2.93. The molecule has 0 spiro atoms. The minimum Gasteiger partial charge on any atom is -0.494 e. The highest BCUT2D eigenvalue weighted by molar-refractivity contribution is 5.88. The van der Waals surface area contributed by atoms with E-state index in [-0.39, 0.29) is 13.0 Å².